The quantitative estimate of drug-likeness (QED) is 0.460. The van der Waals surface area contributed by atoms with Gasteiger partial charge >= 0.3 is 5.97 Å². The first-order valence-electron chi connectivity index (χ1n) is 5.54. The molecule has 0 unspecified atom stereocenters. The maximum atomic E-state index is 9.98. The fraction of sp³-hybridized carbons (Fsp3) is 0.818. The Bertz CT molecular complexity index is 174. The van der Waals surface area contributed by atoms with E-state index in [1.807, 2.05) is 6.92 Å². The first-order chi connectivity index (χ1) is 8.42. The summed E-state index contributed by atoms with van der Waals surface area (Å²) in [5, 5.41) is 23.6. The SMILES string of the molecule is CC(=O)O.CCCOC(C)=O.OCCOCCO. The number of aliphatic hydroxyl groups excluding tert-OH is 2. The first-order valence-corrected chi connectivity index (χ1v) is 5.54. The van der Waals surface area contributed by atoms with Crippen LogP contribution in [0.2, 0.25) is 0 Å². The van der Waals surface area contributed by atoms with E-state index in [0.717, 1.165) is 13.3 Å². The maximum absolute atomic E-state index is 9.98. The predicted octanol–water partition coefficient (Wildman–Crippen LogP) is 0.0380. The fourth-order valence-electron chi connectivity index (χ4n) is 0.477. The maximum Gasteiger partial charge on any atom is 0.302 e. The van der Waals surface area contributed by atoms with Crippen LogP contribution in [0.3, 0.4) is 0 Å². The van der Waals surface area contributed by atoms with Crippen molar-refractivity contribution in [2.75, 3.05) is 33.0 Å². The standard InChI is InChI=1S/C5H10O2.C4H10O3.C2H4O2/c1-3-4-7-5(2)6;5-1-3-7-4-2-6;1-2(3)4/h3-4H2,1-2H3;5-6H,1-4H2;1H3,(H,3,4). The number of carboxylic acid groups (broad SMARTS) is 1. The lowest BCUT2D eigenvalue weighted by Gasteiger charge is -1.94. The van der Waals surface area contributed by atoms with Gasteiger partial charge in [0.05, 0.1) is 33.0 Å². The number of aliphatic carboxylic acids is 1. The van der Waals surface area contributed by atoms with Crippen LogP contribution in [0.15, 0.2) is 0 Å². The predicted molar refractivity (Wildman–Crippen MR) is 65.2 cm³/mol. The van der Waals surface area contributed by atoms with Crippen LogP contribution in [0, 0.1) is 0 Å². The van der Waals surface area contributed by atoms with Gasteiger partial charge in [-0.05, 0) is 6.42 Å². The molecule has 0 saturated carbocycles. The van der Waals surface area contributed by atoms with Crippen molar-refractivity contribution in [3.8, 4) is 0 Å². The van der Waals surface area contributed by atoms with Crippen molar-refractivity contribution in [2.24, 2.45) is 0 Å². The monoisotopic (exact) mass is 268 g/mol. The van der Waals surface area contributed by atoms with Gasteiger partial charge in [-0.15, -0.1) is 0 Å². The zero-order valence-electron chi connectivity index (χ0n) is 11.2. The molecule has 0 radical (unpaired) electrons. The number of aliphatic hydroxyl groups is 2. The van der Waals surface area contributed by atoms with E-state index < -0.39 is 5.97 Å². The molecular formula is C11H24O7. The highest BCUT2D eigenvalue weighted by Gasteiger charge is 1.85. The summed E-state index contributed by atoms with van der Waals surface area (Å²) >= 11 is 0. The molecule has 0 bridgehead atoms. The third-order valence-corrected chi connectivity index (χ3v) is 0.981. The van der Waals surface area contributed by atoms with Crippen molar-refractivity contribution in [1.82, 2.24) is 0 Å². The lowest BCUT2D eigenvalue weighted by molar-refractivity contribution is -0.141. The first kappa shape index (κ1) is 22.0. The van der Waals surface area contributed by atoms with Gasteiger partial charge in [0.25, 0.3) is 5.97 Å². The van der Waals surface area contributed by atoms with Crippen LogP contribution in [0.4, 0.5) is 0 Å². The molecule has 0 aliphatic heterocycles. The van der Waals surface area contributed by atoms with Gasteiger partial charge in [-0.3, -0.25) is 9.59 Å². The third-order valence-electron chi connectivity index (χ3n) is 0.981. The van der Waals surface area contributed by atoms with E-state index in [0.29, 0.717) is 19.8 Å². The largest absolute Gasteiger partial charge is 0.481 e. The van der Waals surface area contributed by atoms with Gasteiger partial charge in [-0.2, -0.15) is 0 Å². The molecule has 18 heavy (non-hydrogen) atoms. The van der Waals surface area contributed by atoms with Gasteiger partial charge in [0, 0.05) is 13.8 Å². The van der Waals surface area contributed by atoms with Crippen LogP contribution in [0.1, 0.15) is 27.2 Å². The number of ether oxygens (including phenoxy) is 2. The molecule has 0 heterocycles. The van der Waals surface area contributed by atoms with Crippen molar-refractivity contribution < 1.29 is 34.4 Å². The van der Waals surface area contributed by atoms with E-state index in [2.05, 4.69) is 9.47 Å². The Hall–Kier alpha value is -1.18. The van der Waals surface area contributed by atoms with Gasteiger partial charge in [-0.25, -0.2) is 0 Å². The molecule has 3 N–H and O–H groups in total. The summed E-state index contributed by atoms with van der Waals surface area (Å²) in [5.41, 5.74) is 0. The van der Waals surface area contributed by atoms with Crippen molar-refractivity contribution in [3.05, 3.63) is 0 Å². The number of hydrogen-bond acceptors (Lipinski definition) is 6. The molecule has 7 nitrogen and oxygen atoms in total. The molecular weight excluding hydrogens is 244 g/mol. The minimum Gasteiger partial charge on any atom is -0.481 e. The Morgan fingerprint density at radius 2 is 1.39 bits per heavy atom. The summed E-state index contributed by atoms with van der Waals surface area (Å²) in [6.45, 7) is 5.70. The van der Waals surface area contributed by atoms with Crippen LogP contribution in [0.5, 0.6) is 0 Å². The molecule has 0 atom stereocenters. The van der Waals surface area contributed by atoms with Gasteiger partial charge in [0.15, 0.2) is 0 Å². The number of esters is 1. The molecule has 0 aromatic carbocycles. The van der Waals surface area contributed by atoms with E-state index in [-0.39, 0.29) is 19.2 Å². The molecule has 0 saturated heterocycles. The van der Waals surface area contributed by atoms with E-state index in [1.165, 1.54) is 6.92 Å². The second kappa shape index (κ2) is 21.1. The minimum absolute atomic E-state index is 0.0278. The molecule has 7 heteroatoms. The number of carbonyl (C=O) groups is 2. The normalized spacial score (nSPS) is 8.28. The van der Waals surface area contributed by atoms with E-state index in [1.54, 1.807) is 0 Å². The Balaban J connectivity index is -0.000000196. The molecule has 0 aliphatic carbocycles. The van der Waals surface area contributed by atoms with Gasteiger partial charge in [0.2, 0.25) is 0 Å². The van der Waals surface area contributed by atoms with Crippen LogP contribution in [0.25, 0.3) is 0 Å². The summed E-state index contributed by atoms with van der Waals surface area (Å²) in [6, 6.07) is 0. The zero-order valence-corrected chi connectivity index (χ0v) is 11.2. The molecule has 0 rings (SSSR count). The van der Waals surface area contributed by atoms with E-state index in [4.69, 9.17) is 20.1 Å². The van der Waals surface area contributed by atoms with Gasteiger partial charge in [-0.1, -0.05) is 6.92 Å². The van der Waals surface area contributed by atoms with Crippen LogP contribution in [-0.2, 0) is 19.1 Å². The minimum atomic E-state index is -0.833. The highest BCUT2D eigenvalue weighted by Crippen LogP contribution is 1.78. The number of hydrogen-bond donors (Lipinski definition) is 3. The van der Waals surface area contributed by atoms with Crippen molar-refractivity contribution in [3.63, 3.8) is 0 Å². The zero-order chi connectivity index (χ0) is 14.8. The number of carbonyl (C=O) groups excluding carboxylic acids is 1. The van der Waals surface area contributed by atoms with E-state index >= 15 is 0 Å². The highest BCUT2D eigenvalue weighted by molar-refractivity contribution is 5.65. The lowest BCUT2D eigenvalue weighted by atomic mass is 10.5. The third kappa shape index (κ3) is 60.9. The second-order valence-electron chi connectivity index (χ2n) is 2.92. The van der Waals surface area contributed by atoms with Crippen LogP contribution < -0.4 is 0 Å². The molecule has 110 valence electrons. The summed E-state index contributed by atoms with van der Waals surface area (Å²) in [6.07, 6.45) is 0.902. The Morgan fingerprint density at radius 3 is 1.56 bits per heavy atom. The van der Waals surface area contributed by atoms with Crippen LogP contribution >= 0.6 is 0 Å². The second-order valence-corrected chi connectivity index (χ2v) is 2.92. The molecule has 0 fully saturated rings. The highest BCUT2D eigenvalue weighted by atomic mass is 16.5. The van der Waals surface area contributed by atoms with Crippen LogP contribution in [-0.4, -0.2) is 60.3 Å². The lowest BCUT2D eigenvalue weighted by Crippen LogP contribution is -2.03. The van der Waals surface area contributed by atoms with Crippen molar-refractivity contribution in [1.29, 1.82) is 0 Å². The Morgan fingerprint density at radius 1 is 1.00 bits per heavy atom. The van der Waals surface area contributed by atoms with Gasteiger partial charge in [0.1, 0.15) is 0 Å². The van der Waals surface area contributed by atoms with Crippen molar-refractivity contribution in [2.45, 2.75) is 27.2 Å². The smallest absolute Gasteiger partial charge is 0.302 e. The topological polar surface area (TPSA) is 113 Å². The molecule has 0 aromatic heterocycles. The Kier molecular flexibility index (Phi) is 25.9. The molecule has 0 amide bonds. The summed E-state index contributed by atoms with van der Waals surface area (Å²) < 4.78 is 9.18. The molecule has 0 aromatic rings. The summed E-state index contributed by atoms with van der Waals surface area (Å²) in [5.74, 6) is -1.03. The number of rotatable bonds is 6. The fourth-order valence-corrected chi connectivity index (χ4v) is 0.477. The average Bonchev–Trinajstić information content (AvgIpc) is 2.27. The average molecular weight is 268 g/mol. The summed E-state index contributed by atoms with van der Waals surface area (Å²) in [7, 11) is 0. The molecule has 0 aliphatic rings. The number of carboxylic acids is 1. The summed E-state index contributed by atoms with van der Waals surface area (Å²) in [4.78, 5) is 19.0. The van der Waals surface area contributed by atoms with Gasteiger partial charge < -0.3 is 24.8 Å². The van der Waals surface area contributed by atoms with E-state index in [9.17, 15) is 4.79 Å². The Labute approximate surface area is 107 Å². The van der Waals surface area contributed by atoms with Crippen molar-refractivity contribution >= 4 is 11.9 Å². The molecule has 0 spiro atoms.